The normalized spacial score (nSPS) is 27.9. The van der Waals surface area contributed by atoms with Gasteiger partial charge in [0.2, 0.25) is 5.95 Å². The molecular weight excluding hydrogens is 357 g/mol. The van der Waals surface area contributed by atoms with E-state index < -0.39 is 24.9 Å². The molecule has 1 aliphatic heterocycles. The van der Waals surface area contributed by atoms with Gasteiger partial charge in [-0.1, -0.05) is 0 Å². The van der Waals surface area contributed by atoms with E-state index in [1.807, 2.05) is 0 Å². The Labute approximate surface area is 142 Å². The number of nitrogen functional groups attached to an aromatic ring is 1. The SMILES string of the molecule is Nc1nc(C2CC2)c2ncn(C[C@H]3O[C@H](P(=O)(O)O)C[C@H]3Cl)c2n1. The maximum atomic E-state index is 11.4. The van der Waals surface area contributed by atoms with E-state index in [1.165, 1.54) is 0 Å². The highest BCUT2D eigenvalue weighted by molar-refractivity contribution is 7.52. The topological polar surface area (TPSA) is 136 Å². The van der Waals surface area contributed by atoms with Crippen LogP contribution < -0.4 is 5.73 Å². The number of aromatic nitrogens is 4. The maximum absolute atomic E-state index is 11.4. The average molecular weight is 374 g/mol. The first-order valence-electron chi connectivity index (χ1n) is 7.66. The fourth-order valence-electron chi connectivity index (χ4n) is 3.01. The third-order valence-corrected chi connectivity index (χ3v) is 5.93. The van der Waals surface area contributed by atoms with Crippen LogP contribution in [0.1, 0.15) is 30.9 Å². The van der Waals surface area contributed by atoms with Crippen molar-refractivity contribution in [3.63, 3.8) is 0 Å². The Morgan fingerprint density at radius 1 is 1.42 bits per heavy atom. The van der Waals surface area contributed by atoms with Crippen LogP contribution in [0.15, 0.2) is 6.33 Å². The van der Waals surface area contributed by atoms with Crippen molar-refractivity contribution < 1.29 is 19.1 Å². The molecule has 0 amide bonds. The molecule has 130 valence electrons. The van der Waals surface area contributed by atoms with Gasteiger partial charge in [0.05, 0.1) is 30.0 Å². The van der Waals surface area contributed by atoms with Crippen LogP contribution in [0.2, 0.25) is 0 Å². The molecule has 0 spiro atoms. The van der Waals surface area contributed by atoms with E-state index in [0.717, 1.165) is 18.5 Å². The van der Waals surface area contributed by atoms with Gasteiger partial charge in [0.1, 0.15) is 5.52 Å². The highest BCUT2D eigenvalue weighted by Crippen LogP contribution is 2.49. The summed E-state index contributed by atoms with van der Waals surface area (Å²) in [5.41, 5.74) is 7.97. The summed E-state index contributed by atoms with van der Waals surface area (Å²) in [4.78, 5) is 31.5. The number of fused-ring (bicyclic) bond motifs is 1. The first kappa shape index (κ1) is 16.2. The summed E-state index contributed by atoms with van der Waals surface area (Å²) in [6.45, 7) is 0.293. The summed E-state index contributed by atoms with van der Waals surface area (Å²) in [5.74, 6) is -0.598. The molecule has 2 aromatic rings. The molecule has 4 N–H and O–H groups in total. The predicted molar refractivity (Wildman–Crippen MR) is 86.7 cm³/mol. The number of alkyl halides is 1. The summed E-state index contributed by atoms with van der Waals surface area (Å²) >= 11 is 6.21. The number of nitrogens with two attached hydrogens (primary N) is 1. The van der Waals surface area contributed by atoms with Crippen molar-refractivity contribution in [2.24, 2.45) is 0 Å². The number of imidazole rings is 1. The van der Waals surface area contributed by atoms with E-state index >= 15 is 0 Å². The molecule has 2 aromatic heterocycles. The minimum absolute atomic E-state index is 0.105. The van der Waals surface area contributed by atoms with Crippen molar-refractivity contribution in [2.75, 3.05) is 5.73 Å². The first-order valence-corrected chi connectivity index (χ1v) is 9.77. The highest BCUT2D eigenvalue weighted by Gasteiger charge is 2.43. The van der Waals surface area contributed by atoms with Crippen LogP contribution in [-0.2, 0) is 15.8 Å². The zero-order chi connectivity index (χ0) is 17.1. The lowest BCUT2D eigenvalue weighted by Crippen LogP contribution is -2.23. The Morgan fingerprint density at radius 3 is 2.79 bits per heavy atom. The van der Waals surface area contributed by atoms with Crippen LogP contribution >= 0.6 is 19.2 Å². The van der Waals surface area contributed by atoms with Crippen LogP contribution in [0.25, 0.3) is 11.2 Å². The van der Waals surface area contributed by atoms with Crippen molar-refractivity contribution in [1.82, 2.24) is 19.5 Å². The van der Waals surface area contributed by atoms with E-state index in [0.29, 0.717) is 23.6 Å². The van der Waals surface area contributed by atoms with Crippen molar-refractivity contribution in [2.45, 2.75) is 49.1 Å². The highest BCUT2D eigenvalue weighted by atomic mass is 35.5. The van der Waals surface area contributed by atoms with Gasteiger partial charge < -0.3 is 24.8 Å². The van der Waals surface area contributed by atoms with E-state index in [1.54, 1.807) is 10.9 Å². The summed E-state index contributed by atoms with van der Waals surface area (Å²) in [6, 6.07) is 0. The second-order valence-corrected chi connectivity index (χ2v) is 8.60. The first-order chi connectivity index (χ1) is 11.3. The van der Waals surface area contributed by atoms with Crippen molar-refractivity contribution in [1.29, 1.82) is 0 Å². The molecular formula is C13H17ClN5O4P. The third-order valence-electron chi connectivity index (χ3n) is 4.39. The number of rotatable bonds is 4. The van der Waals surface area contributed by atoms with Gasteiger partial charge in [-0.3, -0.25) is 4.57 Å². The monoisotopic (exact) mass is 373 g/mol. The smallest absolute Gasteiger partial charge is 0.354 e. The van der Waals surface area contributed by atoms with E-state index in [9.17, 15) is 14.4 Å². The molecule has 3 atom stereocenters. The van der Waals surface area contributed by atoms with E-state index in [4.69, 9.17) is 22.1 Å². The fraction of sp³-hybridized carbons (Fsp3) is 0.615. The molecule has 3 heterocycles. The molecule has 11 heteroatoms. The number of hydrogen-bond donors (Lipinski definition) is 3. The molecule has 24 heavy (non-hydrogen) atoms. The number of halogens is 1. The summed E-state index contributed by atoms with van der Waals surface area (Å²) < 4.78 is 18.6. The third kappa shape index (κ3) is 2.91. The number of nitrogens with zero attached hydrogens (tertiary/aromatic N) is 4. The number of anilines is 1. The van der Waals surface area contributed by atoms with Crippen LogP contribution in [0.4, 0.5) is 5.95 Å². The fourth-order valence-corrected chi connectivity index (χ4v) is 4.26. The Balaban J connectivity index is 1.62. The largest absolute Gasteiger partial charge is 0.368 e. The summed E-state index contributed by atoms with van der Waals surface area (Å²) in [7, 11) is -4.32. The standard InChI is InChI=1S/C13H17ClN5O4P/c14-7-3-9(24(20,21)22)23-8(7)4-19-5-16-11-10(6-1-2-6)17-13(15)18-12(11)19/h5-9H,1-4H2,(H2,15,17,18)(H2,20,21,22)/t7-,8-,9-/m1/s1. The quantitative estimate of drug-likeness (QED) is 0.537. The molecule has 0 bridgehead atoms. The van der Waals surface area contributed by atoms with Gasteiger partial charge in [0, 0.05) is 12.3 Å². The Kier molecular flexibility index (Phi) is 3.81. The molecule has 0 radical (unpaired) electrons. The molecule has 1 saturated heterocycles. The van der Waals surface area contributed by atoms with Gasteiger partial charge in [-0.15, -0.1) is 11.6 Å². The van der Waals surface area contributed by atoms with E-state index in [2.05, 4.69) is 15.0 Å². The molecule has 1 aliphatic carbocycles. The van der Waals surface area contributed by atoms with Gasteiger partial charge in [0.15, 0.2) is 11.5 Å². The van der Waals surface area contributed by atoms with Crippen molar-refractivity contribution in [3.05, 3.63) is 12.0 Å². The second-order valence-electron chi connectivity index (χ2n) is 6.28. The Hall–Kier alpha value is -1.25. The zero-order valence-electron chi connectivity index (χ0n) is 12.6. The van der Waals surface area contributed by atoms with Crippen LogP contribution in [0.3, 0.4) is 0 Å². The lowest BCUT2D eigenvalue weighted by molar-refractivity contribution is 0.0630. The van der Waals surface area contributed by atoms with E-state index in [-0.39, 0.29) is 12.4 Å². The summed E-state index contributed by atoms with van der Waals surface area (Å²) in [5, 5.41) is -0.498. The summed E-state index contributed by atoms with van der Waals surface area (Å²) in [6.07, 6.45) is 3.31. The molecule has 4 rings (SSSR count). The van der Waals surface area contributed by atoms with Crippen LogP contribution in [0.5, 0.6) is 0 Å². The number of hydrogen-bond acceptors (Lipinski definition) is 6. The Morgan fingerprint density at radius 2 is 2.17 bits per heavy atom. The minimum Gasteiger partial charge on any atom is -0.368 e. The van der Waals surface area contributed by atoms with Gasteiger partial charge >= 0.3 is 7.60 Å². The Bertz CT molecular complexity index is 835. The van der Waals surface area contributed by atoms with Crippen molar-refractivity contribution >= 4 is 36.3 Å². The lowest BCUT2D eigenvalue weighted by atomic mass is 10.2. The van der Waals surface area contributed by atoms with Crippen LogP contribution in [0, 0.1) is 0 Å². The molecule has 0 unspecified atom stereocenters. The van der Waals surface area contributed by atoms with Gasteiger partial charge in [-0.25, -0.2) is 9.97 Å². The lowest BCUT2D eigenvalue weighted by Gasteiger charge is -2.16. The molecule has 0 aromatic carbocycles. The maximum Gasteiger partial charge on any atom is 0.354 e. The predicted octanol–water partition coefficient (Wildman–Crippen LogP) is 1.19. The van der Waals surface area contributed by atoms with Gasteiger partial charge in [-0.2, -0.15) is 4.98 Å². The van der Waals surface area contributed by atoms with Crippen LogP contribution in [-0.4, -0.2) is 46.6 Å². The van der Waals surface area contributed by atoms with Gasteiger partial charge in [-0.05, 0) is 12.8 Å². The second kappa shape index (κ2) is 5.64. The molecule has 2 aliphatic rings. The zero-order valence-corrected chi connectivity index (χ0v) is 14.3. The molecule has 1 saturated carbocycles. The average Bonchev–Trinajstić information content (AvgIpc) is 3.17. The van der Waals surface area contributed by atoms with Gasteiger partial charge in [0.25, 0.3) is 0 Å². The molecule has 2 fully saturated rings. The number of ether oxygens (including phenoxy) is 1. The minimum atomic E-state index is -4.32. The molecule has 9 nitrogen and oxygen atoms in total. The van der Waals surface area contributed by atoms with Crippen molar-refractivity contribution in [3.8, 4) is 0 Å².